The maximum absolute atomic E-state index is 5.46. The van der Waals surface area contributed by atoms with E-state index in [1.165, 1.54) is 0 Å². The van der Waals surface area contributed by atoms with Crippen molar-refractivity contribution < 1.29 is 9.47 Å². The quantitative estimate of drug-likeness (QED) is 0.656. The summed E-state index contributed by atoms with van der Waals surface area (Å²) < 4.78 is 10.7. The van der Waals surface area contributed by atoms with Crippen LogP contribution in [0.5, 0.6) is 0 Å². The molecule has 0 aromatic heterocycles. The van der Waals surface area contributed by atoms with Crippen molar-refractivity contribution in [3.05, 3.63) is 0 Å². The van der Waals surface area contributed by atoms with Crippen molar-refractivity contribution in [2.75, 3.05) is 26.4 Å². The van der Waals surface area contributed by atoms with Crippen molar-refractivity contribution in [2.45, 2.75) is 38.8 Å². The third-order valence-electron chi connectivity index (χ3n) is 2.37. The molecule has 3 heteroatoms. The molecule has 78 valence electrons. The molecule has 1 aliphatic heterocycles. The molecule has 3 nitrogen and oxygen atoms in total. The second kappa shape index (κ2) is 6.35. The SMILES string of the molecule is CCOCCNC1CCOC(C)C1. The van der Waals surface area contributed by atoms with Gasteiger partial charge in [0.1, 0.15) is 0 Å². The number of hydrogen-bond donors (Lipinski definition) is 1. The smallest absolute Gasteiger partial charge is 0.0590 e. The van der Waals surface area contributed by atoms with Crippen LogP contribution in [0.3, 0.4) is 0 Å². The Kier molecular flexibility index (Phi) is 5.35. The van der Waals surface area contributed by atoms with E-state index in [9.17, 15) is 0 Å². The lowest BCUT2D eigenvalue weighted by molar-refractivity contribution is 0.0119. The maximum Gasteiger partial charge on any atom is 0.0590 e. The molecule has 0 saturated carbocycles. The molecule has 0 spiro atoms. The van der Waals surface area contributed by atoms with Crippen molar-refractivity contribution in [2.24, 2.45) is 0 Å². The minimum absolute atomic E-state index is 0.415. The van der Waals surface area contributed by atoms with E-state index < -0.39 is 0 Å². The second-order valence-electron chi connectivity index (χ2n) is 3.55. The summed E-state index contributed by atoms with van der Waals surface area (Å²) in [6.45, 7) is 7.65. The monoisotopic (exact) mass is 187 g/mol. The topological polar surface area (TPSA) is 30.5 Å². The van der Waals surface area contributed by atoms with Crippen LogP contribution in [0.1, 0.15) is 26.7 Å². The highest BCUT2D eigenvalue weighted by molar-refractivity contribution is 4.74. The van der Waals surface area contributed by atoms with Gasteiger partial charge in [-0.05, 0) is 26.7 Å². The maximum atomic E-state index is 5.46. The van der Waals surface area contributed by atoms with Gasteiger partial charge in [0, 0.05) is 25.8 Å². The van der Waals surface area contributed by atoms with Crippen LogP contribution in [0, 0.1) is 0 Å². The Bertz CT molecular complexity index is 130. The highest BCUT2D eigenvalue weighted by Crippen LogP contribution is 2.12. The predicted molar refractivity (Wildman–Crippen MR) is 52.9 cm³/mol. The van der Waals surface area contributed by atoms with Crippen LogP contribution < -0.4 is 5.32 Å². The van der Waals surface area contributed by atoms with Crippen molar-refractivity contribution in [1.82, 2.24) is 5.32 Å². The van der Waals surface area contributed by atoms with Gasteiger partial charge in [0.05, 0.1) is 12.7 Å². The van der Waals surface area contributed by atoms with Crippen LogP contribution in [0.2, 0.25) is 0 Å². The van der Waals surface area contributed by atoms with Crippen LogP contribution in [0.15, 0.2) is 0 Å². The normalized spacial score (nSPS) is 29.1. The van der Waals surface area contributed by atoms with Crippen LogP contribution in [-0.2, 0) is 9.47 Å². The summed E-state index contributed by atoms with van der Waals surface area (Å²) in [5.74, 6) is 0. The van der Waals surface area contributed by atoms with Crippen LogP contribution in [0.4, 0.5) is 0 Å². The lowest BCUT2D eigenvalue weighted by Crippen LogP contribution is -2.39. The van der Waals surface area contributed by atoms with E-state index in [1.54, 1.807) is 0 Å². The highest BCUT2D eigenvalue weighted by atomic mass is 16.5. The van der Waals surface area contributed by atoms with Gasteiger partial charge in [-0.15, -0.1) is 0 Å². The van der Waals surface area contributed by atoms with Gasteiger partial charge in [-0.2, -0.15) is 0 Å². The molecule has 1 rings (SSSR count). The summed E-state index contributed by atoms with van der Waals surface area (Å²) >= 11 is 0. The number of hydrogen-bond acceptors (Lipinski definition) is 3. The van der Waals surface area contributed by atoms with E-state index in [-0.39, 0.29) is 0 Å². The molecule has 0 aromatic carbocycles. The minimum atomic E-state index is 0.415. The summed E-state index contributed by atoms with van der Waals surface area (Å²) in [4.78, 5) is 0. The van der Waals surface area contributed by atoms with Gasteiger partial charge in [-0.1, -0.05) is 0 Å². The molecular formula is C10H21NO2. The Morgan fingerprint density at radius 2 is 2.38 bits per heavy atom. The Hall–Kier alpha value is -0.120. The van der Waals surface area contributed by atoms with Crippen LogP contribution >= 0.6 is 0 Å². The Balaban J connectivity index is 2.00. The Morgan fingerprint density at radius 1 is 1.54 bits per heavy atom. The summed E-state index contributed by atoms with van der Waals surface area (Å²) in [5.41, 5.74) is 0. The number of rotatable bonds is 5. The largest absolute Gasteiger partial charge is 0.380 e. The molecule has 1 saturated heterocycles. The van der Waals surface area contributed by atoms with Gasteiger partial charge in [0.25, 0.3) is 0 Å². The van der Waals surface area contributed by atoms with E-state index in [0.29, 0.717) is 12.1 Å². The van der Waals surface area contributed by atoms with Crippen LogP contribution in [0.25, 0.3) is 0 Å². The number of nitrogens with one attached hydrogen (secondary N) is 1. The fourth-order valence-corrected chi connectivity index (χ4v) is 1.66. The number of ether oxygens (including phenoxy) is 2. The first-order chi connectivity index (χ1) is 6.33. The third kappa shape index (κ3) is 4.60. The standard InChI is InChI=1S/C10H21NO2/c1-3-12-7-5-11-10-4-6-13-9(2)8-10/h9-11H,3-8H2,1-2H3. The summed E-state index contributed by atoms with van der Waals surface area (Å²) in [6.07, 6.45) is 2.68. The van der Waals surface area contributed by atoms with Crippen molar-refractivity contribution in [3.63, 3.8) is 0 Å². The molecular weight excluding hydrogens is 166 g/mol. The molecule has 2 unspecified atom stereocenters. The molecule has 13 heavy (non-hydrogen) atoms. The fraction of sp³-hybridized carbons (Fsp3) is 1.00. The molecule has 0 aromatic rings. The first-order valence-electron chi connectivity index (χ1n) is 5.25. The average molecular weight is 187 g/mol. The Morgan fingerprint density at radius 3 is 3.08 bits per heavy atom. The van der Waals surface area contributed by atoms with Gasteiger partial charge < -0.3 is 14.8 Å². The average Bonchev–Trinajstić information content (AvgIpc) is 2.13. The second-order valence-corrected chi connectivity index (χ2v) is 3.55. The zero-order valence-electron chi connectivity index (χ0n) is 8.71. The van der Waals surface area contributed by atoms with E-state index in [0.717, 1.165) is 39.2 Å². The minimum Gasteiger partial charge on any atom is -0.380 e. The van der Waals surface area contributed by atoms with E-state index in [2.05, 4.69) is 12.2 Å². The first-order valence-corrected chi connectivity index (χ1v) is 5.25. The van der Waals surface area contributed by atoms with Crippen LogP contribution in [-0.4, -0.2) is 38.5 Å². The van der Waals surface area contributed by atoms with E-state index >= 15 is 0 Å². The third-order valence-corrected chi connectivity index (χ3v) is 2.37. The lowest BCUT2D eigenvalue weighted by Gasteiger charge is -2.27. The fourth-order valence-electron chi connectivity index (χ4n) is 1.66. The molecule has 2 atom stereocenters. The van der Waals surface area contributed by atoms with Crippen molar-refractivity contribution in [3.8, 4) is 0 Å². The van der Waals surface area contributed by atoms with Gasteiger partial charge in [-0.25, -0.2) is 0 Å². The molecule has 1 aliphatic rings. The van der Waals surface area contributed by atoms with Crippen molar-refractivity contribution >= 4 is 0 Å². The zero-order valence-corrected chi connectivity index (χ0v) is 8.71. The van der Waals surface area contributed by atoms with Crippen molar-refractivity contribution in [1.29, 1.82) is 0 Å². The summed E-state index contributed by atoms with van der Waals surface area (Å²) in [5, 5.41) is 3.48. The molecule has 1 fully saturated rings. The molecule has 0 aliphatic carbocycles. The van der Waals surface area contributed by atoms with E-state index in [1.807, 2.05) is 6.92 Å². The molecule has 0 bridgehead atoms. The van der Waals surface area contributed by atoms with E-state index in [4.69, 9.17) is 9.47 Å². The molecule has 1 heterocycles. The molecule has 1 N–H and O–H groups in total. The van der Waals surface area contributed by atoms with Gasteiger partial charge in [0.15, 0.2) is 0 Å². The summed E-state index contributed by atoms with van der Waals surface area (Å²) in [6, 6.07) is 0.629. The van der Waals surface area contributed by atoms with Gasteiger partial charge >= 0.3 is 0 Å². The highest BCUT2D eigenvalue weighted by Gasteiger charge is 2.17. The predicted octanol–water partition coefficient (Wildman–Crippen LogP) is 1.18. The van der Waals surface area contributed by atoms with Gasteiger partial charge in [-0.3, -0.25) is 0 Å². The summed E-state index contributed by atoms with van der Waals surface area (Å²) in [7, 11) is 0. The molecule has 0 amide bonds. The first kappa shape index (κ1) is 11.0. The Labute approximate surface area is 80.8 Å². The van der Waals surface area contributed by atoms with Gasteiger partial charge in [0.2, 0.25) is 0 Å². The zero-order chi connectivity index (χ0) is 9.52. The molecule has 0 radical (unpaired) electrons. The lowest BCUT2D eigenvalue weighted by atomic mass is 10.0.